The van der Waals surface area contributed by atoms with Crippen LogP contribution < -0.4 is 5.56 Å². The van der Waals surface area contributed by atoms with Crippen molar-refractivity contribution < 1.29 is 0 Å². The smallest absolute Gasteiger partial charge is 0.255 e. The van der Waals surface area contributed by atoms with Gasteiger partial charge in [0.25, 0.3) is 5.56 Å². The van der Waals surface area contributed by atoms with Crippen LogP contribution in [0.2, 0.25) is 10.0 Å². The Morgan fingerprint density at radius 1 is 1.20 bits per heavy atom. The van der Waals surface area contributed by atoms with Crippen molar-refractivity contribution in [2.24, 2.45) is 0 Å². The largest absolute Gasteiger partial charge is 0.335 e. The van der Waals surface area contributed by atoms with E-state index in [1.165, 1.54) is 0 Å². The molecule has 0 atom stereocenters. The second kappa shape index (κ2) is 6.12. The maximum absolute atomic E-state index is 12.1. The Morgan fingerprint density at radius 3 is 2.35 bits per heavy atom. The molecule has 2 rings (SSSR count). The third-order valence-corrected chi connectivity index (χ3v) is 3.97. The molecule has 6 heteroatoms. The fraction of sp³-hybridized carbons (Fsp3) is 0.286. The molecule has 2 N–H and O–H groups in total. The summed E-state index contributed by atoms with van der Waals surface area (Å²) in [6.45, 7) is 3.92. The predicted molar refractivity (Wildman–Crippen MR) is 85.6 cm³/mol. The zero-order chi connectivity index (χ0) is 14.9. The summed E-state index contributed by atoms with van der Waals surface area (Å²) in [5, 5.41) is 1.15. The third kappa shape index (κ3) is 3.14. The number of rotatable bonds is 3. The van der Waals surface area contributed by atoms with Gasteiger partial charge in [-0.05, 0) is 35.8 Å². The minimum Gasteiger partial charge on any atom is -0.335 e. The van der Waals surface area contributed by atoms with Gasteiger partial charge in [-0.2, -0.15) is 0 Å². The quantitative estimate of drug-likeness (QED) is 0.817. The topological polar surface area (TPSA) is 48.6 Å². The number of aromatic amines is 2. The second-order valence-corrected chi connectivity index (χ2v) is 6.05. The first-order chi connectivity index (χ1) is 9.40. The van der Waals surface area contributed by atoms with E-state index in [1.54, 1.807) is 18.2 Å². The number of halogens is 2. The minimum atomic E-state index is -0.165. The number of aromatic nitrogens is 2. The lowest BCUT2D eigenvalue weighted by Crippen LogP contribution is -2.19. The third-order valence-electron chi connectivity index (χ3n) is 3.05. The fourth-order valence-corrected chi connectivity index (χ4v) is 2.92. The lowest BCUT2D eigenvalue weighted by Gasteiger charge is -2.13. The molecule has 3 nitrogen and oxygen atoms in total. The highest BCUT2D eigenvalue weighted by Gasteiger charge is 2.15. The molecule has 0 saturated carbocycles. The lowest BCUT2D eigenvalue weighted by molar-refractivity contribution is 0.795. The first-order valence-corrected chi connectivity index (χ1v) is 7.34. The molecule has 20 heavy (non-hydrogen) atoms. The van der Waals surface area contributed by atoms with Crippen LogP contribution in [0.4, 0.5) is 0 Å². The van der Waals surface area contributed by atoms with Crippen molar-refractivity contribution in [1.29, 1.82) is 0 Å². The van der Waals surface area contributed by atoms with Gasteiger partial charge in [0.2, 0.25) is 0 Å². The van der Waals surface area contributed by atoms with Gasteiger partial charge in [-0.15, -0.1) is 0 Å². The molecule has 106 valence electrons. The fourth-order valence-electron chi connectivity index (χ4n) is 2.17. The van der Waals surface area contributed by atoms with Gasteiger partial charge in [0, 0.05) is 27.7 Å². The van der Waals surface area contributed by atoms with Gasteiger partial charge >= 0.3 is 0 Å². The van der Waals surface area contributed by atoms with Crippen LogP contribution in [0.1, 0.15) is 36.6 Å². The van der Waals surface area contributed by atoms with E-state index < -0.39 is 0 Å². The normalized spacial score (nSPS) is 11.1. The van der Waals surface area contributed by atoms with Crippen LogP contribution in [-0.4, -0.2) is 9.97 Å². The SMILES string of the molecule is CC(C)c1c(Cc2c(Cl)cccc2Cl)[nH]c(=S)[nH]c1=O. The predicted octanol–water partition coefficient (Wildman–Crippen LogP) is 4.45. The van der Waals surface area contributed by atoms with Crippen LogP contribution in [-0.2, 0) is 6.42 Å². The van der Waals surface area contributed by atoms with Crippen LogP contribution in [0.25, 0.3) is 0 Å². The molecule has 0 amide bonds. The lowest BCUT2D eigenvalue weighted by atomic mass is 9.98. The Hall–Kier alpha value is -1.10. The van der Waals surface area contributed by atoms with Gasteiger partial charge in [0.05, 0.1) is 0 Å². The molecule has 0 spiro atoms. The van der Waals surface area contributed by atoms with Crippen molar-refractivity contribution in [3.8, 4) is 0 Å². The molecule has 0 unspecified atom stereocenters. The molecule has 0 fully saturated rings. The van der Waals surface area contributed by atoms with E-state index in [4.69, 9.17) is 35.4 Å². The van der Waals surface area contributed by atoms with E-state index >= 15 is 0 Å². The molecule has 0 aliphatic carbocycles. The van der Waals surface area contributed by atoms with E-state index in [-0.39, 0.29) is 11.5 Å². The highest BCUT2D eigenvalue weighted by molar-refractivity contribution is 7.71. The first-order valence-electron chi connectivity index (χ1n) is 6.18. The van der Waals surface area contributed by atoms with E-state index in [0.717, 1.165) is 11.3 Å². The van der Waals surface area contributed by atoms with E-state index in [0.29, 0.717) is 26.8 Å². The molecule has 0 radical (unpaired) electrons. The van der Waals surface area contributed by atoms with Crippen molar-refractivity contribution in [3.05, 3.63) is 60.2 Å². The number of H-pyrrole nitrogens is 2. The monoisotopic (exact) mass is 328 g/mol. The van der Waals surface area contributed by atoms with Crippen LogP contribution in [0.15, 0.2) is 23.0 Å². The zero-order valence-corrected chi connectivity index (χ0v) is 13.4. The number of nitrogens with one attached hydrogen (secondary N) is 2. The Bertz CT molecular complexity index is 729. The highest BCUT2D eigenvalue weighted by Crippen LogP contribution is 2.27. The zero-order valence-electron chi connectivity index (χ0n) is 11.1. The molecule has 0 bridgehead atoms. The average molecular weight is 329 g/mol. The van der Waals surface area contributed by atoms with Gasteiger partial charge in [-0.25, -0.2) is 0 Å². The number of benzene rings is 1. The van der Waals surface area contributed by atoms with Crippen LogP contribution in [0.3, 0.4) is 0 Å². The maximum atomic E-state index is 12.1. The van der Waals surface area contributed by atoms with Crippen molar-refractivity contribution in [3.63, 3.8) is 0 Å². The number of hydrogen-bond acceptors (Lipinski definition) is 2. The standard InChI is InChI=1S/C14H14Cl2N2OS/c1-7(2)12-11(17-14(20)18-13(12)19)6-8-9(15)4-3-5-10(8)16/h3-5,7H,6H2,1-2H3,(H2,17,18,19,20). The molecule has 1 aromatic heterocycles. The average Bonchev–Trinajstić information content (AvgIpc) is 2.32. The van der Waals surface area contributed by atoms with Crippen molar-refractivity contribution in [2.75, 3.05) is 0 Å². The van der Waals surface area contributed by atoms with Gasteiger partial charge in [0.1, 0.15) is 0 Å². The van der Waals surface area contributed by atoms with Crippen LogP contribution in [0, 0.1) is 4.77 Å². The highest BCUT2D eigenvalue weighted by atomic mass is 35.5. The summed E-state index contributed by atoms with van der Waals surface area (Å²) in [5.41, 5.74) is 2.05. The molecular weight excluding hydrogens is 315 g/mol. The summed E-state index contributed by atoms with van der Waals surface area (Å²) in [6.07, 6.45) is 0.444. The maximum Gasteiger partial charge on any atom is 0.255 e. The van der Waals surface area contributed by atoms with Gasteiger partial charge in [0.15, 0.2) is 4.77 Å². The molecular formula is C14H14Cl2N2OS. The molecule has 1 aromatic carbocycles. The van der Waals surface area contributed by atoms with Crippen LogP contribution in [0.5, 0.6) is 0 Å². The van der Waals surface area contributed by atoms with Crippen molar-refractivity contribution in [1.82, 2.24) is 9.97 Å². The number of hydrogen-bond donors (Lipinski definition) is 2. The minimum absolute atomic E-state index is 0.0712. The summed E-state index contributed by atoms with van der Waals surface area (Å²) in [4.78, 5) is 17.7. The summed E-state index contributed by atoms with van der Waals surface area (Å²) < 4.78 is 0.303. The van der Waals surface area contributed by atoms with Gasteiger partial charge in [-0.1, -0.05) is 43.1 Å². The van der Waals surface area contributed by atoms with Gasteiger partial charge < -0.3 is 4.98 Å². The van der Waals surface area contributed by atoms with Crippen molar-refractivity contribution in [2.45, 2.75) is 26.2 Å². The Kier molecular flexibility index (Phi) is 4.68. The summed E-state index contributed by atoms with van der Waals surface area (Å²) in [5.74, 6) is 0.0712. The Balaban J connectivity index is 2.59. The molecule has 0 saturated heterocycles. The Morgan fingerprint density at radius 2 is 1.80 bits per heavy atom. The summed E-state index contributed by atoms with van der Waals surface area (Å²) in [7, 11) is 0. The van der Waals surface area contributed by atoms with E-state index in [2.05, 4.69) is 9.97 Å². The summed E-state index contributed by atoms with van der Waals surface area (Å²) >= 11 is 17.4. The summed E-state index contributed by atoms with van der Waals surface area (Å²) in [6, 6.07) is 5.34. The molecule has 1 heterocycles. The van der Waals surface area contributed by atoms with Crippen molar-refractivity contribution >= 4 is 35.4 Å². The van der Waals surface area contributed by atoms with Gasteiger partial charge in [-0.3, -0.25) is 9.78 Å². The first kappa shape index (κ1) is 15.3. The molecule has 0 aliphatic rings. The molecule has 2 aromatic rings. The Labute approximate surface area is 132 Å². The molecule has 0 aliphatic heterocycles. The van der Waals surface area contributed by atoms with E-state index in [1.807, 2.05) is 13.8 Å². The van der Waals surface area contributed by atoms with Crippen LogP contribution >= 0.6 is 35.4 Å². The second-order valence-electron chi connectivity index (χ2n) is 4.83. The van der Waals surface area contributed by atoms with E-state index in [9.17, 15) is 4.79 Å².